The lowest BCUT2D eigenvalue weighted by Gasteiger charge is -2.58. The molecule has 2 heterocycles. The summed E-state index contributed by atoms with van der Waals surface area (Å²) in [5.41, 5.74) is 1.36. The fraction of sp³-hybridized carbons (Fsp3) is 0.389. The molecule has 0 unspecified atom stereocenters. The fourth-order valence-corrected chi connectivity index (χ4v) is 3.73. The van der Waals surface area contributed by atoms with Crippen LogP contribution in [0.2, 0.25) is 0 Å². The largest absolute Gasteiger partial charge is 0.350 e. The van der Waals surface area contributed by atoms with E-state index in [1.807, 2.05) is 4.90 Å². The molecule has 2 amide bonds. The van der Waals surface area contributed by atoms with Gasteiger partial charge < -0.3 is 14.7 Å². The predicted molar refractivity (Wildman–Crippen MR) is 87.1 cm³/mol. The Kier molecular flexibility index (Phi) is 3.59. The molecule has 25 heavy (non-hydrogen) atoms. The van der Waals surface area contributed by atoms with Crippen molar-refractivity contribution in [1.82, 2.24) is 15.4 Å². The maximum Gasteiger partial charge on any atom is 0.290 e. The van der Waals surface area contributed by atoms with Gasteiger partial charge in [-0.25, -0.2) is 4.39 Å². The lowest BCUT2D eigenvalue weighted by molar-refractivity contribution is -0.149. The Bertz CT molecular complexity index is 816. The van der Waals surface area contributed by atoms with E-state index in [0.717, 1.165) is 25.9 Å². The molecule has 2 fully saturated rings. The van der Waals surface area contributed by atoms with E-state index in [1.54, 1.807) is 25.1 Å². The number of halogens is 1. The van der Waals surface area contributed by atoms with Crippen LogP contribution < -0.4 is 5.32 Å². The molecule has 4 rings (SSSR count). The molecule has 1 spiro atoms. The molecular formula is C18H18FN3O3. The summed E-state index contributed by atoms with van der Waals surface area (Å²) < 4.78 is 18.1. The van der Waals surface area contributed by atoms with Crippen LogP contribution in [-0.4, -0.2) is 41.0 Å². The van der Waals surface area contributed by atoms with E-state index >= 15 is 0 Å². The molecule has 1 aliphatic heterocycles. The first-order valence-electron chi connectivity index (χ1n) is 8.23. The summed E-state index contributed by atoms with van der Waals surface area (Å²) in [5, 5.41) is 6.81. The Morgan fingerprint density at radius 3 is 2.60 bits per heavy atom. The van der Waals surface area contributed by atoms with Crippen LogP contribution in [-0.2, 0) is 4.79 Å². The van der Waals surface area contributed by atoms with Gasteiger partial charge >= 0.3 is 0 Å². The van der Waals surface area contributed by atoms with Gasteiger partial charge in [0.05, 0.1) is 0 Å². The minimum atomic E-state index is -0.330. The third-order valence-electron chi connectivity index (χ3n) is 5.07. The summed E-state index contributed by atoms with van der Waals surface area (Å²) in [5.74, 6) is -0.390. The monoisotopic (exact) mass is 343 g/mol. The summed E-state index contributed by atoms with van der Waals surface area (Å²) in [4.78, 5) is 25.3. The van der Waals surface area contributed by atoms with Crippen LogP contribution in [0.15, 0.2) is 34.9 Å². The molecule has 1 aromatic heterocycles. The van der Waals surface area contributed by atoms with Gasteiger partial charge in [0.2, 0.25) is 11.7 Å². The van der Waals surface area contributed by atoms with Crippen LogP contribution >= 0.6 is 0 Å². The highest BCUT2D eigenvalue weighted by atomic mass is 19.1. The van der Waals surface area contributed by atoms with Gasteiger partial charge in [0.25, 0.3) is 5.91 Å². The van der Waals surface area contributed by atoms with E-state index in [-0.39, 0.29) is 34.8 Å². The summed E-state index contributed by atoms with van der Waals surface area (Å²) in [6.45, 7) is 3.14. The lowest BCUT2D eigenvalue weighted by Crippen LogP contribution is -2.67. The Morgan fingerprint density at radius 1 is 1.28 bits per heavy atom. The molecule has 1 aliphatic carbocycles. The van der Waals surface area contributed by atoms with Gasteiger partial charge in [-0.15, -0.1) is 0 Å². The van der Waals surface area contributed by atoms with Crippen molar-refractivity contribution in [2.75, 3.05) is 13.1 Å². The molecule has 130 valence electrons. The van der Waals surface area contributed by atoms with Crippen molar-refractivity contribution >= 4 is 11.8 Å². The number of likely N-dealkylation sites (tertiary alicyclic amines) is 1. The second-order valence-electron chi connectivity index (χ2n) is 7.04. The Labute approximate surface area is 144 Å². The van der Waals surface area contributed by atoms with Crippen molar-refractivity contribution in [2.45, 2.75) is 25.8 Å². The van der Waals surface area contributed by atoms with Crippen molar-refractivity contribution in [3.63, 3.8) is 0 Å². The quantitative estimate of drug-likeness (QED) is 0.927. The Morgan fingerprint density at radius 2 is 1.96 bits per heavy atom. The fourth-order valence-electron chi connectivity index (χ4n) is 3.73. The molecule has 6 nitrogen and oxygen atoms in total. The Balaban J connectivity index is 1.33. The predicted octanol–water partition coefficient (Wildman–Crippen LogP) is 2.22. The molecule has 1 saturated carbocycles. The van der Waals surface area contributed by atoms with Gasteiger partial charge in [-0.1, -0.05) is 5.16 Å². The normalized spacial score (nSPS) is 18.6. The number of rotatable bonds is 3. The topological polar surface area (TPSA) is 75.4 Å². The van der Waals surface area contributed by atoms with Crippen LogP contribution in [0.5, 0.6) is 0 Å². The number of nitrogens with one attached hydrogen (secondary N) is 1. The molecule has 0 bridgehead atoms. The standard InChI is InChI=1S/C18H18FN3O3/c1-11(23)22-9-18(10-22)7-14(8-18)20-17(24)16-6-15(21-25-16)12-2-4-13(19)5-3-12/h2-6,14H,7-10H2,1H3,(H,20,24). The zero-order valence-corrected chi connectivity index (χ0v) is 13.8. The molecule has 0 radical (unpaired) electrons. The van der Waals surface area contributed by atoms with Gasteiger partial charge in [-0.05, 0) is 37.1 Å². The van der Waals surface area contributed by atoms with Crippen molar-refractivity contribution in [2.24, 2.45) is 5.41 Å². The highest BCUT2D eigenvalue weighted by Crippen LogP contribution is 2.48. The molecule has 1 aromatic carbocycles. The molecule has 7 heteroatoms. The average Bonchev–Trinajstić information content (AvgIpc) is 2.98. The zero-order valence-electron chi connectivity index (χ0n) is 13.8. The number of carbonyl (C=O) groups is 2. The second-order valence-corrected chi connectivity index (χ2v) is 7.04. The molecule has 1 N–H and O–H groups in total. The zero-order chi connectivity index (χ0) is 17.6. The first-order valence-corrected chi connectivity index (χ1v) is 8.23. The van der Waals surface area contributed by atoms with Gasteiger partial charge in [-0.3, -0.25) is 9.59 Å². The van der Waals surface area contributed by atoms with E-state index < -0.39 is 0 Å². The number of hydrogen-bond donors (Lipinski definition) is 1. The minimum absolute atomic E-state index is 0.0981. The highest BCUT2D eigenvalue weighted by Gasteiger charge is 2.53. The van der Waals surface area contributed by atoms with E-state index in [0.29, 0.717) is 11.3 Å². The number of nitrogens with zero attached hydrogens (tertiary/aromatic N) is 2. The number of benzene rings is 1. The van der Waals surface area contributed by atoms with Crippen LogP contribution in [0, 0.1) is 11.2 Å². The highest BCUT2D eigenvalue weighted by molar-refractivity contribution is 5.92. The third kappa shape index (κ3) is 2.90. The molecule has 2 aliphatic rings. The summed E-state index contributed by atoms with van der Waals surface area (Å²) >= 11 is 0. The molecule has 0 atom stereocenters. The summed E-state index contributed by atoms with van der Waals surface area (Å²) in [6, 6.07) is 7.49. The smallest absolute Gasteiger partial charge is 0.290 e. The third-order valence-corrected chi connectivity index (χ3v) is 5.07. The van der Waals surface area contributed by atoms with E-state index in [9.17, 15) is 14.0 Å². The number of amides is 2. The molecule has 1 saturated heterocycles. The first kappa shape index (κ1) is 15.8. The summed E-state index contributed by atoms with van der Waals surface area (Å²) in [6.07, 6.45) is 1.75. The van der Waals surface area contributed by atoms with Crippen molar-refractivity contribution in [3.05, 3.63) is 41.9 Å². The van der Waals surface area contributed by atoms with Gasteiger partial charge in [0, 0.05) is 43.1 Å². The minimum Gasteiger partial charge on any atom is -0.350 e. The molecular weight excluding hydrogens is 325 g/mol. The van der Waals surface area contributed by atoms with Gasteiger partial charge in [0.15, 0.2) is 0 Å². The van der Waals surface area contributed by atoms with Crippen LogP contribution in [0.1, 0.15) is 30.3 Å². The van der Waals surface area contributed by atoms with E-state index in [2.05, 4.69) is 10.5 Å². The SMILES string of the molecule is CC(=O)N1CC2(CC(NC(=O)c3cc(-c4ccc(F)cc4)no3)C2)C1. The van der Waals surface area contributed by atoms with E-state index in [1.165, 1.54) is 12.1 Å². The number of aromatic nitrogens is 1. The van der Waals surface area contributed by atoms with Crippen LogP contribution in [0.3, 0.4) is 0 Å². The molecule has 2 aromatic rings. The maximum absolute atomic E-state index is 13.0. The summed E-state index contributed by atoms with van der Waals surface area (Å²) in [7, 11) is 0. The lowest BCUT2D eigenvalue weighted by atomic mass is 9.60. The van der Waals surface area contributed by atoms with Gasteiger partial charge in [0.1, 0.15) is 11.5 Å². The van der Waals surface area contributed by atoms with Crippen LogP contribution in [0.25, 0.3) is 11.3 Å². The first-order chi connectivity index (χ1) is 11.9. The van der Waals surface area contributed by atoms with Crippen molar-refractivity contribution in [3.8, 4) is 11.3 Å². The van der Waals surface area contributed by atoms with Crippen molar-refractivity contribution < 1.29 is 18.5 Å². The average molecular weight is 343 g/mol. The van der Waals surface area contributed by atoms with Crippen molar-refractivity contribution in [1.29, 1.82) is 0 Å². The number of hydrogen-bond acceptors (Lipinski definition) is 4. The van der Waals surface area contributed by atoms with Crippen LogP contribution in [0.4, 0.5) is 4.39 Å². The van der Waals surface area contributed by atoms with Gasteiger partial charge in [-0.2, -0.15) is 0 Å². The maximum atomic E-state index is 13.0. The number of carbonyl (C=O) groups excluding carboxylic acids is 2. The van der Waals surface area contributed by atoms with E-state index in [4.69, 9.17) is 4.52 Å². The Hall–Kier alpha value is -2.70. The second kappa shape index (κ2) is 5.68.